The maximum atomic E-state index is 12.6. The first-order valence-corrected chi connectivity index (χ1v) is 7.20. The van der Waals surface area contributed by atoms with Crippen molar-refractivity contribution in [2.24, 2.45) is 0 Å². The molecule has 112 valence electrons. The molecule has 2 aliphatic rings. The summed E-state index contributed by atoms with van der Waals surface area (Å²) in [4.78, 5) is 14.2. The quantitative estimate of drug-likeness (QED) is 0.783. The highest BCUT2D eigenvalue weighted by molar-refractivity contribution is 5.98. The van der Waals surface area contributed by atoms with E-state index in [0.29, 0.717) is 0 Å². The molecule has 1 amide bonds. The fourth-order valence-electron chi connectivity index (χ4n) is 3.04. The van der Waals surface area contributed by atoms with Gasteiger partial charge >= 0.3 is 6.09 Å². The van der Waals surface area contributed by atoms with E-state index in [2.05, 4.69) is 6.58 Å². The van der Waals surface area contributed by atoms with Gasteiger partial charge in [-0.3, -0.25) is 0 Å². The number of carbonyl (C=O) groups is 1. The molecule has 1 spiro atoms. The molecule has 21 heavy (non-hydrogen) atoms. The Labute approximate surface area is 125 Å². The van der Waals surface area contributed by atoms with Gasteiger partial charge in [0.2, 0.25) is 0 Å². The van der Waals surface area contributed by atoms with Crippen LogP contribution in [0, 0.1) is 0 Å². The highest BCUT2D eigenvalue weighted by Gasteiger charge is 2.58. The molecule has 1 aromatic carbocycles. The highest BCUT2D eigenvalue weighted by Crippen LogP contribution is 2.64. The molecule has 1 aliphatic heterocycles. The fourth-order valence-corrected chi connectivity index (χ4v) is 3.04. The van der Waals surface area contributed by atoms with Crippen LogP contribution in [0.5, 0.6) is 5.75 Å². The van der Waals surface area contributed by atoms with Crippen LogP contribution < -0.4 is 9.64 Å². The standard InChI is InChI=1S/C17H21NO3/c1-11-17(9-10-17)14-12(7-6-8-13(14)20-5)18(11)15(19)21-16(2,3)4/h6-8H,1,9-10H2,2-5H3. The van der Waals surface area contributed by atoms with E-state index in [0.717, 1.165) is 35.5 Å². The minimum atomic E-state index is -0.532. The molecular formula is C17H21NO3. The molecule has 1 heterocycles. The van der Waals surface area contributed by atoms with Crippen LogP contribution in [0.25, 0.3) is 0 Å². The second-order valence-corrected chi connectivity index (χ2v) is 6.70. The Kier molecular flexibility index (Phi) is 2.84. The molecule has 0 saturated heterocycles. The molecule has 0 N–H and O–H groups in total. The molecule has 1 saturated carbocycles. The summed E-state index contributed by atoms with van der Waals surface area (Å²) in [6, 6.07) is 5.76. The first-order valence-electron chi connectivity index (χ1n) is 7.20. The summed E-state index contributed by atoms with van der Waals surface area (Å²) in [5.41, 5.74) is 2.04. The van der Waals surface area contributed by atoms with E-state index in [9.17, 15) is 4.79 Å². The summed E-state index contributed by atoms with van der Waals surface area (Å²) in [5, 5.41) is 0. The van der Waals surface area contributed by atoms with Gasteiger partial charge in [-0.15, -0.1) is 0 Å². The van der Waals surface area contributed by atoms with Crippen LogP contribution in [0.1, 0.15) is 39.2 Å². The monoisotopic (exact) mass is 287 g/mol. The van der Waals surface area contributed by atoms with E-state index >= 15 is 0 Å². The number of hydrogen-bond acceptors (Lipinski definition) is 3. The third kappa shape index (κ3) is 2.01. The first-order chi connectivity index (χ1) is 9.80. The van der Waals surface area contributed by atoms with Crippen molar-refractivity contribution in [3.8, 4) is 5.75 Å². The molecule has 1 fully saturated rings. The van der Waals surface area contributed by atoms with Crippen molar-refractivity contribution in [2.75, 3.05) is 12.0 Å². The van der Waals surface area contributed by atoms with Crippen LogP contribution in [0.4, 0.5) is 10.5 Å². The van der Waals surface area contributed by atoms with Crippen LogP contribution in [-0.2, 0) is 10.2 Å². The first kappa shape index (κ1) is 14.0. The Bertz CT molecular complexity index is 623. The summed E-state index contributed by atoms with van der Waals surface area (Å²) in [7, 11) is 1.66. The second-order valence-electron chi connectivity index (χ2n) is 6.70. The smallest absolute Gasteiger partial charge is 0.419 e. The zero-order valence-corrected chi connectivity index (χ0v) is 13.0. The third-order valence-electron chi connectivity index (χ3n) is 4.09. The minimum Gasteiger partial charge on any atom is -0.496 e. The number of hydrogen-bond donors (Lipinski definition) is 0. The van der Waals surface area contributed by atoms with Gasteiger partial charge in [0.25, 0.3) is 0 Å². The average Bonchev–Trinajstić information content (AvgIpc) is 3.12. The van der Waals surface area contributed by atoms with Crippen molar-refractivity contribution >= 4 is 11.8 Å². The van der Waals surface area contributed by atoms with Crippen LogP contribution in [-0.4, -0.2) is 18.8 Å². The van der Waals surface area contributed by atoms with Crippen LogP contribution in [0.15, 0.2) is 30.5 Å². The zero-order chi connectivity index (χ0) is 15.4. The maximum Gasteiger partial charge on any atom is 0.419 e. The lowest BCUT2D eigenvalue weighted by Gasteiger charge is -2.26. The van der Waals surface area contributed by atoms with E-state index in [4.69, 9.17) is 9.47 Å². The number of allylic oxidation sites excluding steroid dienone is 1. The van der Waals surface area contributed by atoms with E-state index < -0.39 is 5.60 Å². The van der Waals surface area contributed by atoms with E-state index in [1.165, 1.54) is 0 Å². The number of fused-ring (bicyclic) bond motifs is 2. The van der Waals surface area contributed by atoms with Gasteiger partial charge in [0.05, 0.1) is 12.8 Å². The molecule has 1 aliphatic carbocycles. The van der Waals surface area contributed by atoms with Crippen molar-refractivity contribution in [1.29, 1.82) is 0 Å². The molecule has 0 bridgehead atoms. The molecule has 4 nitrogen and oxygen atoms in total. The molecule has 0 radical (unpaired) electrons. The Hall–Kier alpha value is -1.97. The predicted octanol–water partition coefficient (Wildman–Crippen LogP) is 4.00. The number of anilines is 1. The van der Waals surface area contributed by atoms with Gasteiger partial charge in [-0.2, -0.15) is 0 Å². The lowest BCUT2D eigenvalue weighted by atomic mass is 9.95. The summed E-state index contributed by atoms with van der Waals surface area (Å²) in [5.74, 6) is 0.817. The van der Waals surface area contributed by atoms with E-state index in [-0.39, 0.29) is 11.5 Å². The predicted molar refractivity (Wildman–Crippen MR) is 81.8 cm³/mol. The minimum absolute atomic E-state index is 0.140. The number of carbonyl (C=O) groups excluding carboxylic acids is 1. The van der Waals surface area contributed by atoms with Crippen molar-refractivity contribution in [3.63, 3.8) is 0 Å². The van der Waals surface area contributed by atoms with Gasteiger partial charge in [-0.25, -0.2) is 9.69 Å². The molecule has 4 heteroatoms. The van der Waals surface area contributed by atoms with Gasteiger partial charge in [0, 0.05) is 16.7 Å². The summed E-state index contributed by atoms with van der Waals surface area (Å²) in [6.45, 7) is 9.75. The average molecular weight is 287 g/mol. The van der Waals surface area contributed by atoms with E-state index in [1.807, 2.05) is 39.0 Å². The normalized spacial score (nSPS) is 18.7. The van der Waals surface area contributed by atoms with Crippen molar-refractivity contribution in [2.45, 2.75) is 44.6 Å². The van der Waals surface area contributed by atoms with Crippen LogP contribution in [0.3, 0.4) is 0 Å². The van der Waals surface area contributed by atoms with Gasteiger partial charge in [0.15, 0.2) is 0 Å². The van der Waals surface area contributed by atoms with Crippen molar-refractivity contribution in [3.05, 3.63) is 36.0 Å². The van der Waals surface area contributed by atoms with Gasteiger partial charge < -0.3 is 9.47 Å². The second kappa shape index (κ2) is 4.26. The number of methoxy groups -OCH3 is 1. The van der Waals surface area contributed by atoms with Gasteiger partial charge in [-0.1, -0.05) is 12.6 Å². The largest absolute Gasteiger partial charge is 0.496 e. The lowest BCUT2D eigenvalue weighted by molar-refractivity contribution is 0.0593. The SMILES string of the molecule is C=C1N(C(=O)OC(C)(C)C)c2cccc(OC)c2C12CC2. The number of ether oxygens (including phenoxy) is 2. The Morgan fingerprint density at radius 2 is 2.00 bits per heavy atom. The Morgan fingerprint density at radius 3 is 2.52 bits per heavy atom. The maximum absolute atomic E-state index is 12.6. The molecular weight excluding hydrogens is 266 g/mol. The van der Waals surface area contributed by atoms with Crippen molar-refractivity contribution in [1.82, 2.24) is 0 Å². The molecule has 1 aromatic rings. The van der Waals surface area contributed by atoms with Crippen molar-refractivity contribution < 1.29 is 14.3 Å². The summed E-state index contributed by atoms with van der Waals surface area (Å²) < 4.78 is 11.0. The highest BCUT2D eigenvalue weighted by atomic mass is 16.6. The number of nitrogens with zero attached hydrogens (tertiary/aromatic N) is 1. The molecule has 3 rings (SSSR count). The number of rotatable bonds is 1. The lowest BCUT2D eigenvalue weighted by Crippen LogP contribution is -2.35. The Balaban J connectivity index is 2.06. The number of benzene rings is 1. The van der Waals surface area contributed by atoms with Gasteiger partial charge in [-0.05, 0) is 45.7 Å². The van der Waals surface area contributed by atoms with Crippen LogP contribution >= 0.6 is 0 Å². The van der Waals surface area contributed by atoms with Crippen LogP contribution in [0.2, 0.25) is 0 Å². The number of amides is 1. The zero-order valence-electron chi connectivity index (χ0n) is 13.0. The molecule has 0 atom stereocenters. The molecule has 0 unspecified atom stereocenters. The van der Waals surface area contributed by atoms with Gasteiger partial charge in [0.1, 0.15) is 11.4 Å². The summed E-state index contributed by atoms with van der Waals surface area (Å²) >= 11 is 0. The molecule has 0 aromatic heterocycles. The third-order valence-corrected chi connectivity index (χ3v) is 4.09. The van der Waals surface area contributed by atoms with E-state index in [1.54, 1.807) is 12.0 Å². The fraction of sp³-hybridized carbons (Fsp3) is 0.471. The summed E-state index contributed by atoms with van der Waals surface area (Å²) in [6.07, 6.45) is 1.63. The Morgan fingerprint density at radius 1 is 1.33 bits per heavy atom. The topological polar surface area (TPSA) is 38.8 Å².